The molecule has 1 aliphatic heterocycles. The SMILES string of the molecule is CN(Cc1nc2ccccc2s1)C(=O)C1CCC(=O)NC1. The topological polar surface area (TPSA) is 62.3 Å². The van der Waals surface area contributed by atoms with E-state index in [9.17, 15) is 9.59 Å². The zero-order valence-electron chi connectivity index (χ0n) is 11.8. The van der Waals surface area contributed by atoms with Crippen LogP contribution in [-0.4, -0.2) is 35.3 Å². The number of nitrogens with zero attached hydrogens (tertiary/aromatic N) is 2. The van der Waals surface area contributed by atoms with Gasteiger partial charge in [-0.1, -0.05) is 12.1 Å². The van der Waals surface area contributed by atoms with Gasteiger partial charge >= 0.3 is 0 Å². The van der Waals surface area contributed by atoms with Crippen molar-refractivity contribution in [3.63, 3.8) is 0 Å². The number of carbonyl (C=O) groups is 2. The standard InChI is InChI=1S/C15H17N3O2S/c1-18(15(20)10-6-7-13(19)16-8-10)9-14-17-11-4-2-3-5-12(11)21-14/h2-5,10H,6-9H2,1H3,(H,16,19). The van der Waals surface area contributed by atoms with E-state index in [4.69, 9.17) is 0 Å². The lowest BCUT2D eigenvalue weighted by atomic mass is 9.98. The molecule has 0 spiro atoms. The highest BCUT2D eigenvalue weighted by Crippen LogP contribution is 2.23. The van der Waals surface area contributed by atoms with E-state index in [0.717, 1.165) is 15.2 Å². The average Bonchev–Trinajstić information content (AvgIpc) is 2.89. The minimum atomic E-state index is -0.109. The van der Waals surface area contributed by atoms with Crippen LogP contribution in [0.15, 0.2) is 24.3 Å². The fourth-order valence-corrected chi connectivity index (χ4v) is 3.54. The van der Waals surface area contributed by atoms with Gasteiger partial charge in [-0.25, -0.2) is 4.98 Å². The number of fused-ring (bicyclic) bond motifs is 1. The minimum Gasteiger partial charge on any atom is -0.355 e. The van der Waals surface area contributed by atoms with E-state index >= 15 is 0 Å². The summed E-state index contributed by atoms with van der Waals surface area (Å²) >= 11 is 1.62. The van der Waals surface area contributed by atoms with Gasteiger partial charge in [-0.15, -0.1) is 11.3 Å². The number of hydrogen-bond acceptors (Lipinski definition) is 4. The molecule has 1 unspecified atom stereocenters. The lowest BCUT2D eigenvalue weighted by Gasteiger charge is -2.26. The third kappa shape index (κ3) is 3.05. The van der Waals surface area contributed by atoms with Crippen LogP contribution in [0.5, 0.6) is 0 Å². The Labute approximate surface area is 127 Å². The molecule has 2 amide bonds. The van der Waals surface area contributed by atoms with E-state index in [-0.39, 0.29) is 17.7 Å². The van der Waals surface area contributed by atoms with Crippen molar-refractivity contribution in [2.45, 2.75) is 19.4 Å². The van der Waals surface area contributed by atoms with Crippen LogP contribution in [0.4, 0.5) is 0 Å². The number of thiazole rings is 1. The first-order chi connectivity index (χ1) is 10.1. The van der Waals surface area contributed by atoms with Gasteiger partial charge in [0.1, 0.15) is 5.01 Å². The van der Waals surface area contributed by atoms with Crippen molar-refractivity contribution >= 4 is 33.4 Å². The molecule has 1 N–H and O–H groups in total. The fourth-order valence-electron chi connectivity index (χ4n) is 2.52. The van der Waals surface area contributed by atoms with Gasteiger partial charge in [0, 0.05) is 20.0 Å². The largest absolute Gasteiger partial charge is 0.355 e. The molecule has 1 aliphatic rings. The normalized spacial score (nSPS) is 18.5. The summed E-state index contributed by atoms with van der Waals surface area (Å²) in [5, 5.41) is 3.69. The van der Waals surface area contributed by atoms with E-state index in [1.54, 1.807) is 23.3 Å². The van der Waals surface area contributed by atoms with E-state index in [2.05, 4.69) is 10.3 Å². The Morgan fingerprint density at radius 3 is 3.00 bits per heavy atom. The van der Waals surface area contributed by atoms with Crippen LogP contribution in [0.2, 0.25) is 0 Å². The summed E-state index contributed by atoms with van der Waals surface area (Å²) in [6, 6.07) is 7.97. The molecule has 1 fully saturated rings. The third-order valence-electron chi connectivity index (χ3n) is 3.70. The summed E-state index contributed by atoms with van der Waals surface area (Å²) in [5.41, 5.74) is 0.975. The second-order valence-corrected chi connectivity index (χ2v) is 6.42. The number of hydrogen-bond donors (Lipinski definition) is 1. The van der Waals surface area contributed by atoms with E-state index in [1.807, 2.05) is 24.3 Å². The highest BCUT2D eigenvalue weighted by Gasteiger charge is 2.27. The van der Waals surface area contributed by atoms with Gasteiger partial charge in [0.2, 0.25) is 11.8 Å². The Balaban J connectivity index is 1.66. The van der Waals surface area contributed by atoms with Crippen molar-refractivity contribution < 1.29 is 9.59 Å². The highest BCUT2D eigenvalue weighted by atomic mass is 32.1. The molecule has 1 aromatic carbocycles. The zero-order chi connectivity index (χ0) is 14.8. The quantitative estimate of drug-likeness (QED) is 0.940. The molecule has 0 saturated carbocycles. The van der Waals surface area contributed by atoms with Crippen molar-refractivity contribution in [3.05, 3.63) is 29.3 Å². The van der Waals surface area contributed by atoms with E-state index in [0.29, 0.717) is 25.9 Å². The second-order valence-electron chi connectivity index (χ2n) is 5.31. The molecule has 3 rings (SSSR count). The molecule has 2 aromatic rings. The monoisotopic (exact) mass is 303 g/mol. The highest BCUT2D eigenvalue weighted by molar-refractivity contribution is 7.18. The Morgan fingerprint density at radius 1 is 1.48 bits per heavy atom. The lowest BCUT2D eigenvalue weighted by molar-refractivity contribution is -0.136. The molecule has 2 heterocycles. The molecule has 1 saturated heterocycles. The van der Waals surface area contributed by atoms with E-state index in [1.165, 1.54) is 0 Å². The van der Waals surface area contributed by atoms with Gasteiger partial charge in [-0.05, 0) is 18.6 Å². The maximum absolute atomic E-state index is 12.4. The van der Waals surface area contributed by atoms with Crippen LogP contribution in [0, 0.1) is 5.92 Å². The maximum atomic E-state index is 12.4. The molecule has 5 nitrogen and oxygen atoms in total. The van der Waals surface area contributed by atoms with Crippen molar-refractivity contribution in [3.8, 4) is 0 Å². The van der Waals surface area contributed by atoms with Gasteiger partial charge in [0.05, 0.1) is 22.7 Å². The average molecular weight is 303 g/mol. The molecular formula is C15H17N3O2S. The Kier molecular flexibility index (Phi) is 3.88. The number of aromatic nitrogens is 1. The molecule has 0 bridgehead atoms. The number of nitrogens with one attached hydrogen (secondary N) is 1. The van der Waals surface area contributed by atoms with Gasteiger partial charge in [0.25, 0.3) is 0 Å². The zero-order valence-corrected chi connectivity index (χ0v) is 12.7. The lowest BCUT2D eigenvalue weighted by Crippen LogP contribution is -2.43. The summed E-state index contributed by atoms with van der Waals surface area (Å²) in [6.07, 6.45) is 1.07. The Hall–Kier alpha value is -1.95. The molecule has 21 heavy (non-hydrogen) atoms. The maximum Gasteiger partial charge on any atom is 0.227 e. The van der Waals surface area contributed by atoms with Crippen LogP contribution in [0.3, 0.4) is 0 Å². The van der Waals surface area contributed by atoms with Crippen LogP contribution >= 0.6 is 11.3 Å². The second kappa shape index (κ2) is 5.81. The van der Waals surface area contributed by atoms with E-state index < -0.39 is 0 Å². The van der Waals surface area contributed by atoms with Crippen LogP contribution in [0.1, 0.15) is 17.8 Å². The Morgan fingerprint density at radius 2 is 2.29 bits per heavy atom. The summed E-state index contributed by atoms with van der Waals surface area (Å²) < 4.78 is 1.14. The number of benzene rings is 1. The van der Waals surface area contributed by atoms with Gasteiger partial charge in [0.15, 0.2) is 0 Å². The van der Waals surface area contributed by atoms with Crippen molar-refractivity contribution in [1.82, 2.24) is 15.2 Å². The number of carbonyl (C=O) groups excluding carboxylic acids is 2. The first kappa shape index (κ1) is 14.0. The summed E-state index contributed by atoms with van der Waals surface area (Å²) in [6.45, 7) is 0.963. The van der Waals surface area contributed by atoms with Gasteiger partial charge in [-0.3, -0.25) is 9.59 Å². The molecule has 110 valence electrons. The van der Waals surface area contributed by atoms with Crippen LogP contribution < -0.4 is 5.32 Å². The summed E-state index contributed by atoms with van der Waals surface area (Å²) in [7, 11) is 1.80. The fraction of sp³-hybridized carbons (Fsp3) is 0.400. The smallest absolute Gasteiger partial charge is 0.227 e. The van der Waals surface area contributed by atoms with Crippen molar-refractivity contribution in [1.29, 1.82) is 0 Å². The molecule has 0 radical (unpaired) electrons. The van der Waals surface area contributed by atoms with Crippen molar-refractivity contribution in [2.75, 3.05) is 13.6 Å². The number of rotatable bonds is 3. The first-order valence-corrected chi connectivity index (χ1v) is 7.81. The predicted molar refractivity (Wildman–Crippen MR) is 81.8 cm³/mol. The number of para-hydroxylation sites is 1. The Bertz CT molecular complexity index is 639. The van der Waals surface area contributed by atoms with Gasteiger partial charge < -0.3 is 10.2 Å². The third-order valence-corrected chi connectivity index (χ3v) is 4.72. The minimum absolute atomic E-state index is 0.0351. The molecule has 1 atom stereocenters. The summed E-state index contributed by atoms with van der Waals surface area (Å²) in [4.78, 5) is 29.8. The summed E-state index contributed by atoms with van der Waals surface area (Å²) in [5.74, 6) is 0.00390. The predicted octanol–water partition coefficient (Wildman–Crippen LogP) is 1.78. The van der Waals surface area contributed by atoms with Crippen LogP contribution in [-0.2, 0) is 16.1 Å². The molecular weight excluding hydrogens is 286 g/mol. The molecule has 6 heteroatoms. The first-order valence-electron chi connectivity index (χ1n) is 6.99. The number of amides is 2. The molecule has 1 aromatic heterocycles. The molecule has 0 aliphatic carbocycles. The van der Waals surface area contributed by atoms with Crippen molar-refractivity contribution in [2.24, 2.45) is 5.92 Å². The van der Waals surface area contributed by atoms with Crippen LogP contribution in [0.25, 0.3) is 10.2 Å². The number of piperidine rings is 1. The van der Waals surface area contributed by atoms with Gasteiger partial charge in [-0.2, -0.15) is 0 Å².